The Labute approximate surface area is 168 Å². The number of benzene rings is 1. The molecule has 3 aromatic heterocycles. The van der Waals surface area contributed by atoms with Crippen molar-refractivity contribution in [2.75, 3.05) is 0 Å². The summed E-state index contributed by atoms with van der Waals surface area (Å²) < 4.78 is 54.8. The van der Waals surface area contributed by atoms with Crippen LogP contribution in [-0.2, 0) is 6.18 Å². The molecule has 0 bridgehead atoms. The van der Waals surface area contributed by atoms with E-state index in [-0.39, 0.29) is 16.8 Å². The van der Waals surface area contributed by atoms with Gasteiger partial charge in [-0.25, -0.2) is 9.37 Å². The molecule has 0 aliphatic carbocycles. The number of halogens is 4. The molecule has 0 radical (unpaired) electrons. The van der Waals surface area contributed by atoms with Crippen molar-refractivity contribution in [2.45, 2.75) is 12.2 Å². The second-order valence-electron chi connectivity index (χ2n) is 6.50. The van der Waals surface area contributed by atoms with Crippen molar-refractivity contribution < 1.29 is 22.4 Å². The number of alkyl halides is 3. The Morgan fingerprint density at radius 2 is 1.77 bits per heavy atom. The summed E-state index contributed by atoms with van der Waals surface area (Å²) in [5, 5.41) is 2.66. The van der Waals surface area contributed by atoms with Gasteiger partial charge in [0.2, 0.25) is 0 Å². The van der Waals surface area contributed by atoms with E-state index < -0.39 is 29.5 Å². The molecule has 5 nitrogen and oxygen atoms in total. The van der Waals surface area contributed by atoms with Gasteiger partial charge >= 0.3 is 6.18 Å². The van der Waals surface area contributed by atoms with Crippen molar-refractivity contribution in [3.05, 3.63) is 102 Å². The highest BCUT2D eigenvalue weighted by atomic mass is 19.4. The molecule has 0 aliphatic heterocycles. The Balaban J connectivity index is 1.70. The number of nitrogens with zero attached hydrogens (tertiary/aromatic N) is 3. The maximum absolute atomic E-state index is 14.4. The summed E-state index contributed by atoms with van der Waals surface area (Å²) >= 11 is 0. The summed E-state index contributed by atoms with van der Waals surface area (Å²) in [5.74, 6) is -1.23. The van der Waals surface area contributed by atoms with Crippen LogP contribution in [0.3, 0.4) is 0 Å². The van der Waals surface area contributed by atoms with Gasteiger partial charge < -0.3 is 9.72 Å². The van der Waals surface area contributed by atoms with Crippen LogP contribution in [0.2, 0.25) is 0 Å². The molecule has 4 aromatic rings. The fourth-order valence-corrected chi connectivity index (χ4v) is 3.05. The van der Waals surface area contributed by atoms with Crippen molar-refractivity contribution >= 4 is 11.6 Å². The van der Waals surface area contributed by atoms with Gasteiger partial charge in [0.1, 0.15) is 17.2 Å². The second-order valence-corrected chi connectivity index (χ2v) is 6.50. The minimum atomic E-state index is -4.51. The van der Waals surface area contributed by atoms with E-state index in [1.807, 2.05) is 0 Å². The van der Waals surface area contributed by atoms with Crippen molar-refractivity contribution in [3.8, 4) is 0 Å². The Kier molecular flexibility index (Phi) is 4.94. The predicted octanol–water partition coefficient (Wildman–Crippen LogP) is 4.41. The van der Waals surface area contributed by atoms with Crippen LogP contribution in [-0.4, -0.2) is 20.3 Å². The Bertz CT molecular complexity index is 1200. The molecular formula is C21H14F4N4O. The molecule has 1 atom stereocenters. The largest absolute Gasteiger partial charge is 0.416 e. The van der Waals surface area contributed by atoms with Gasteiger partial charge in [0.25, 0.3) is 5.91 Å². The van der Waals surface area contributed by atoms with E-state index >= 15 is 0 Å². The molecule has 1 aromatic carbocycles. The van der Waals surface area contributed by atoms with Crippen LogP contribution in [0.5, 0.6) is 0 Å². The molecule has 0 saturated heterocycles. The lowest BCUT2D eigenvalue weighted by molar-refractivity contribution is -0.137. The number of aromatic nitrogens is 3. The van der Waals surface area contributed by atoms with Crippen LogP contribution in [0.15, 0.2) is 73.3 Å². The molecule has 9 heteroatoms. The molecule has 0 aliphatic rings. The molecule has 1 unspecified atom stereocenters. The summed E-state index contributed by atoms with van der Waals surface area (Å²) in [6.07, 6.45) is 1.77. The summed E-state index contributed by atoms with van der Waals surface area (Å²) in [6, 6.07) is 8.73. The van der Waals surface area contributed by atoms with Gasteiger partial charge in [-0.2, -0.15) is 13.2 Å². The average Bonchev–Trinajstić information content (AvgIpc) is 3.20. The van der Waals surface area contributed by atoms with Crippen LogP contribution in [0.4, 0.5) is 17.6 Å². The van der Waals surface area contributed by atoms with Gasteiger partial charge in [-0.1, -0.05) is 12.1 Å². The molecule has 0 spiro atoms. The zero-order valence-corrected chi connectivity index (χ0v) is 15.3. The van der Waals surface area contributed by atoms with Crippen LogP contribution in [0, 0.1) is 5.82 Å². The molecule has 4 rings (SSSR count). The SMILES string of the molecule is O=C(NC(c1ccc(C(F)(F)F)cc1)c1ncccc1F)c1ccn2ccnc2c1. The number of carbonyl (C=O) groups is 1. The lowest BCUT2D eigenvalue weighted by atomic mass is 10.0. The quantitative estimate of drug-likeness (QED) is 0.504. The Morgan fingerprint density at radius 1 is 1.00 bits per heavy atom. The first-order chi connectivity index (χ1) is 14.3. The predicted molar refractivity (Wildman–Crippen MR) is 100 cm³/mol. The van der Waals surface area contributed by atoms with Crippen LogP contribution in [0.1, 0.15) is 33.2 Å². The van der Waals surface area contributed by atoms with Crippen LogP contribution >= 0.6 is 0 Å². The number of hydrogen-bond donors (Lipinski definition) is 1. The maximum Gasteiger partial charge on any atom is 0.416 e. The maximum atomic E-state index is 14.4. The minimum Gasteiger partial charge on any atom is -0.339 e. The Hall–Kier alpha value is -3.75. The molecule has 0 saturated carbocycles. The van der Waals surface area contributed by atoms with Crippen LogP contribution < -0.4 is 5.32 Å². The minimum absolute atomic E-state index is 0.104. The highest BCUT2D eigenvalue weighted by Gasteiger charge is 2.31. The fourth-order valence-electron chi connectivity index (χ4n) is 3.05. The Morgan fingerprint density at radius 3 is 2.47 bits per heavy atom. The van der Waals surface area contributed by atoms with Gasteiger partial charge in [0.15, 0.2) is 0 Å². The van der Waals surface area contributed by atoms with Crippen molar-refractivity contribution in [1.82, 2.24) is 19.7 Å². The molecule has 3 heterocycles. The average molecular weight is 414 g/mol. The third-order valence-electron chi connectivity index (χ3n) is 4.57. The van der Waals surface area contributed by atoms with E-state index in [0.717, 1.165) is 12.1 Å². The third-order valence-corrected chi connectivity index (χ3v) is 4.57. The third kappa shape index (κ3) is 3.86. The zero-order chi connectivity index (χ0) is 21.3. The molecule has 30 heavy (non-hydrogen) atoms. The van der Waals surface area contributed by atoms with E-state index in [4.69, 9.17) is 0 Å². The summed E-state index contributed by atoms with van der Waals surface area (Å²) in [7, 11) is 0. The van der Waals surface area contributed by atoms with Gasteiger partial charge in [-0.3, -0.25) is 9.78 Å². The second kappa shape index (κ2) is 7.58. The van der Waals surface area contributed by atoms with Crippen molar-refractivity contribution in [1.29, 1.82) is 0 Å². The summed E-state index contributed by atoms with van der Waals surface area (Å²) in [6.45, 7) is 0. The number of rotatable bonds is 4. The monoisotopic (exact) mass is 414 g/mol. The zero-order valence-electron chi connectivity index (χ0n) is 15.3. The van der Waals surface area contributed by atoms with E-state index in [1.165, 1.54) is 30.5 Å². The van der Waals surface area contributed by atoms with E-state index in [1.54, 1.807) is 35.1 Å². The lowest BCUT2D eigenvalue weighted by Gasteiger charge is -2.20. The van der Waals surface area contributed by atoms with Crippen molar-refractivity contribution in [3.63, 3.8) is 0 Å². The standard InChI is InChI=1S/C21H14F4N4O/c22-16-2-1-8-27-19(16)18(13-3-5-15(6-4-13)21(23,24)25)28-20(30)14-7-10-29-11-9-26-17(29)12-14/h1-12,18H,(H,28,30). The number of nitrogens with one attached hydrogen (secondary N) is 1. The number of hydrogen-bond acceptors (Lipinski definition) is 3. The van der Waals surface area contributed by atoms with E-state index in [0.29, 0.717) is 5.65 Å². The summed E-state index contributed by atoms with van der Waals surface area (Å²) in [5.41, 5.74) is 0.116. The fraction of sp³-hybridized carbons (Fsp3) is 0.0952. The highest BCUT2D eigenvalue weighted by molar-refractivity contribution is 5.95. The molecule has 152 valence electrons. The molecule has 1 N–H and O–H groups in total. The number of fused-ring (bicyclic) bond motifs is 1. The lowest BCUT2D eigenvalue weighted by Crippen LogP contribution is -2.30. The number of carbonyl (C=O) groups excluding carboxylic acids is 1. The topological polar surface area (TPSA) is 59.3 Å². The van der Waals surface area contributed by atoms with Crippen LogP contribution in [0.25, 0.3) is 5.65 Å². The number of amides is 1. The first kappa shape index (κ1) is 19.6. The smallest absolute Gasteiger partial charge is 0.339 e. The van der Waals surface area contributed by atoms with Crippen molar-refractivity contribution in [2.24, 2.45) is 0 Å². The number of imidazole rings is 1. The first-order valence-corrected chi connectivity index (χ1v) is 8.84. The van der Waals surface area contributed by atoms with Gasteiger partial charge in [0, 0.05) is 30.4 Å². The van der Waals surface area contributed by atoms with E-state index in [9.17, 15) is 22.4 Å². The van der Waals surface area contributed by atoms with Gasteiger partial charge in [0.05, 0.1) is 11.6 Å². The number of pyridine rings is 2. The molecule has 0 fully saturated rings. The molecular weight excluding hydrogens is 400 g/mol. The first-order valence-electron chi connectivity index (χ1n) is 8.84. The molecule has 1 amide bonds. The van der Waals surface area contributed by atoms with Gasteiger partial charge in [-0.15, -0.1) is 0 Å². The highest BCUT2D eigenvalue weighted by Crippen LogP contribution is 2.31. The summed E-state index contributed by atoms with van der Waals surface area (Å²) in [4.78, 5) is 20.9. The van der Waals surface area contributed by atoms with E-state index in [2.05, 4.69) is 15.3 Å². The normalized spacial score (nSPS) is 12.7. The van der Waals surface area contributed by atoms with Gasteiger partial charge in [-0.05, 0) is 42.0 Å².